The molecule has 0 radical (unpaired) electrons. The van der Waals surface area contributed by atoms with Gasteiger partial charge in [-0.2, -0.15) is 8.78 Å². The van der Waals surface area contributed by atoms with Crippen LogP contribution in [0.4, 0.5) is 14.5 Å². The van der Waals surface area contributed by atoms with Crippen LogP contribution < -0.4 is 10.6 Å². The lowest BCUT2D eigenvalue weighted by Gasteiger charge is -2.36. The molecule has 0 saturated carbocycles. The molecule has 3 fully saturated rings. The Hall–Kier alpha value is -4.21. The fraction of sp³-hybridized carbons (Fsp3) is 0.429. The first kappa shape index (κ1) is 33.3. The van der Waals surface area contributed by atoms with Crippen molar-refractivity contribution in [2.45, 2.75) is 73.8 Å². The largest absolute Gasteiger partial charge is 0.399 e. The van der Waals surface area contributed by atoms with Gasteiger partial charge in [0.15, 0.2) is 5.41 Å². The van der Waals surface area contributed by atoms with Crippen LogP contribution in [0.2, 0.25) is 0 Å². The lowest BCUT2D eigenvalue weighted by atomic mass is 9.77. The van der Waals surface area contributed by atoms with Gasteiger partial charge in [0, 0.05) is 47.6 Å². The zero-order valence-electron chi connectivity index (χ0n) is 26.5. The molecular weight excluding hydrogens is 655 g/mol. The van der Waals surface area contributed by atoms with E-state index in [1.807, 2.05) is 24.3 Å². The highest BCUT2D eigenvalue weighted by Gasteiger charge is 2.63. The molecule has 0 unspecified atom stereocenters. The number of benzene rings is 3. The molecule has 14 heteroatoms. The molecule has 11 nitrogen and oxygen atoms in total. The van der Waals surface area contributed by atoms with Crippen molar-refractivity contribution in [1.29, 1.82) is 0 Å². The fourth-order valence-electron chi connectivity index (χ4n) is 8.22. The van der Waals surface area contributed by atoms with Crippen molar-refractivity contribution in [3.8, 4) is 0 Å². The van der Waals surface area contributed by atoms with Crippen LogP contribution in [-0.2, 0) is 25.2 Å². The lowest BCUT2D eigenvalue weighted by Crippen LogP contribution is -2.53. The minimum atomic E-state index is -5.76. The summed E-state index contributed by atoms with van der Waals surface area (Å²) in [6, 6.07) is 13.9. The molecular formula is C35H36F2N5O6P. The van der Waals surface area contributed by atoms with E-state index in [9.17, 15) is 37.5 Å². The maximum atomic E-state index is 14.4. The van der Waals surface area contributed by atoms with E-state index in [0.717, 1.165) is 43.4 Å². The number of carbonyl (C=O) groups excluding carboxylic acids is 3. The first-order chi connectivity index (χ1) is 23.3. The van der Waals surface area contributed by atoms with E-state index < -0.39 is 42.2 Å². The fourth-order valence-corrected chi connectivity index (χ4v) is 8.70. The first-order valence-corrected chi connectivity index (χ1v) is 18.1. The Balaban J connectivity index is 1.09. The summed E-state index contributed by atoms with van der Waals surface area (Å²) < 4.78 is 40.2. The molecule has 3 aromatic carbocycles. The van der Waals surface area contributed by atoms with Gasteiger partial charge in [0.05, 0.1) is 12.6 Å². The maximum Gasteiger partial charge on any atom is 0.399 e. The Labute approximate surface area is 281 Å². The number of para-hydroxylation sites is 1. The number of anilines is 1. The molecule has 4 aliphatic rings. The number of nitrogens with one attached hydrogen (secondary N) is 2. The van der Waals surface area contributed by atoms with E-state index in [1.165, 1.54) is 12.1 Å². The van der Waals surface area contributed by atoms with Crippen molar-refractivity contribution in [1.82, 2.24) is 15.1 Å². The van der Waals surface area contributed by atoms with Crippen molar-refractivity contribution in [3.63, 3.8) is 0 Å². The molecule has 7 rings (SSSR count). The van der Waals surface area contributed by atoms with Gasteiger partial charge < -0.3 is 30.2 Å². The number of nitrogens with zero attached hydrogens (tertiary/aromatic N) is 3. The van der Waals surface area contributed by atoms with Crippen LogP contribution in [0, 0.1) is 6.57 Å². The van der Waals surface area contributed by atoms with Crippen molar-refractivity contribution in [2.24, 2.45) is 0 Å². The van der Waals surface area contributed by atoms with Gasteiger partial charge in [-0.15, -0.1) is 0 Å². The number of likely N-dealkylation sites (tertiary alicyclic amines) is 1. The highest BCUT2D eigenvalue weighted by molar-refractivity contribution is 7.52. The Kier molecular flexibility index (Phi) is 8.35. The SMILES string of the molecule is [C-]#[N+][C@@H]1CN(C(=O)[C@@H]2CC[C@@H]3CCCC[C@H](NC(=O)c4ccc5ccc(C(F)(F)P(=O)(O)O)cc5c4)CN32)C[C@@]12C(=O)Nc1ccccc12. The molecule has 4 N–H and O–H groups in total. The second-order valence-corrected chi connectivity index (χ2v) is 15.2. The molecule has 256 valence electrons. The van der Waals surface area contributed by atoms with Gasteiger partial charge in [-0.25, -0.2) is 6.57 Å². The highest BCUT2D eigenvalue weighted by atomic mass is 31.2. The number of halogens is 2. The minimum Gasteiger partial charge on any atom is -0.348 e. The molecule has 3 saturated heterocycles. The van der Waals surface area contributed by atoms with Crippen molar-refractivity contribution in [3.05, 3.63) is 88.8 Å². The zero-order chi connectivity index (χ0) is 34.7. The van der Waals surface area contributed by atoms with Gasteiger partial charge in [-0.1, -0.05) is 49.2 Å². The average Bonchev–Trinajstić information content (AvgIpc) is 3.74. The predicted octanol–water partition coefficient (Wildman–Crippen LogP) is 4.59. The number of fused-ring (bicyclic) bond motifs is 4. The van der Waals surface area contributed by atoms with Crippen molar-refractivity contribution in [2.75, 3.05) is 25.0 Å². The predicted molar refractivity (Wildman–Crippen MR) is 177 cm³/mol. The summed E-state index contributed by atoms with van der Waals surface area (Å²) in [6.45, 7) is 8.63. The van der Waals surface area contributed by atoms with Crippen LogP contribution >= 0.6 is 7.60 Å². The number of amides is 3. The Morgan fingerprint density at radius 3 is 2.53 bits per heavy atom. The summed E-state index contributed by atoms with van der Waals surface area (Å²) >= 11 is 0. The normalized spacial score (nSPS) is 27.2. The Morgan fingerprint density at radius 2 is 1.76 bits per heavy atom. The van der Waals surface area contributed by atoms with E-state index in [-0.39, 0.29) is 47.9 Å². The molecule has 0 bridgehead atoms. The minimum absolute atomic E-state index is 0.117. The van der Waals surface area contributed by atoms with E-state index in [2.05, 4.69) is 20.4 Å². The summed E-state index contributed by atoms with van der Waals surface area (Å²) in [6.07, 6.45) is 4.84. The molecule has 0 aliphatic carbocycles. The summed E-state index contributed by atoms with van der Waals surface area (Å²) in [5.41, 5.74) is -4.71. The number of hydrogen-bond acceptors (Lipinski definition) is 5. The Bertz CT molecular complexity index is 1950. The molecule has 4 aliphatic heterocycles. The van der Waals surface area contributed by atoms with Gasteiger partial charge >= 0.3 is 13.3 Å². The number of hydrogen-bond donors (Lipinski definition) is 4. The second-order valence-electron chi connectivity index (χ2n) is 13.6. The van der Waals surface area contributed by atoms with Crippen LogP contribution in [-0.4, -0.2) is 81.1 Å². The molecule has 49 heavy (non-hydrogen) atoms. The van der Waals surface area contributed by atoms with E-state index in [0.29, 0.717) is 30.5 Å². The lowest BCUT2D eigenvalue weighted by molar-refractivity contribution is -0.136. The number of carbonyl (C=O) groups is 3. The molecule has 1 spiro atoms. The standard InChI is InChI=1S/C35H36F2N5O6P/c1-38-30-19-41(20-34(30)27-8-4-5-9-28(27)40-33(34)45)32(44)29-15-14-26-7-3-2-6-25(18-42(26)29)39-31(43)22-11-10-21-12-13-24(17-23(21)16-22)35(36,37)49(46,47)48/h4-5,8-13,16-17,25-26,29-30H,2-3,6-7,14-15,18-20H2,(H,39,43)(H,40,45)(H2,46,47,48)/t25-,26-,29-,30+,34-/m0/s1. The Morgan fingerprint density at radius 1 is 1.00 bits per heavy atom. The molecule has 3 aromatic rings. The molecule has 5 atom stereocenters. The third-order valence-corrected chi connectivity index (χ3v) is 11.8. The monoisotopic (exact) mass is 691 g/mol. The number of rotatable bonds is 5. The smallest absolute Gasteiger partial charge is 0.348 e. The average molecular weight is 692 g/mol. The molecule has 0 aromatic heterocycles. The van der Waals surface area contributed by atoms with Gasteiger partial charge in [0.1, 0.15) is 0 Å². The summed E-state index contributed by atoms with van der Waals surface area (Å²) in [5.74, 6) is -0.803. The van der Waals surface area contributed by atoms with Crippen LogP contribution in [0.1, 0.15) is 60.0 Å². The number of alkyl halides is 2. The van der Waals surface area contributed by atoms with E-state index in [4.69, 9.17) is 6.57 Å². The quantitative estimate of drug-likeness (QED) is 0.226. The molecule has 4 heterocycles. The van der Waals surface area contributed by atoms with Crippen molar-refractivity contribution < 1.29 is 37.5 Å². The van der Waals surface area contributed by atoms with Crippen LogP contribution in [0.3, 0.4) is 0 Å². The van der Waals surface area contributed by atoms with Crippen LogP contribution in [0.25, 0.3) is 15.6 Å². The maximum absolute atomic E-state index is 14.4. The van der Waals surface area contributed by atoms with Gasteiger partial charge in [0.25, 0.3) is 11.9 Å². The van der Waals surface area contributed by atoms with Gasteiger partial charge in [0.2, 0.25) is 11.8 Å². The second kappa shape index (κ2) is 12.3. The third-order valence-electron chi connectivity index (χ3n) is 10.8. The summed E-state index contributed by atoms with van der Waals surface area (Å²) in [5, 5.41) is 6.75. The first-order valence-electron chi connectivity index (χ1n) is 16.4. The topological polar surface area (TPSA) is 144 Å². The third kappa shape index (κ3) is 5.61. The van der Waals surface area contributed by atoms with Crippen LogP contribution in [0.15, 0.2) is 60.7 Å². The van der Waals surface area contributed by atoms with Crippen LogP contribution in [0.5, 0.6) is 0 Å². The summed E-state index contributed by atoms with van der Waals surface area (Å²) in [4.78, 5) is 67.1. The highest BCUT2D eigenvalue weighted by Crippen LogP contribution is 2.59. The van der Waals surface area contributed by atoms with Gasteiger partial charge in [-0.3, -0.25) is 23.8 Å². The zero-order valence-corrected chi connectivity index (χ0v) is 27.4. The van der Waals surface area contributed by atoms with Gasteiger partial charge in [-0.05, 0) is 60.7 Å². The molecule has 3 amide bonds. The van der Waals surface area contributed by atoms with Crippen molar-refractivity contribution >= 4 is 41.8 Å². The summed E-state index contributed by atoms with van der Waals surface area (Å²) in [7, 11) is -5.76. The van der Waals surface area contributed by atoms with E-state index >= 15 is 0 Å². The van der Waals surface area contributed by atoms with E-state index in [1.54, 1.807) is 17.0 Å².